The van der Waals surface area contributed by atoms with E-state index in [-0.39, 0.29) is 85.0 Å². The zero-order valence-corrected chi connectivity index (χ0v) is 33.5. The number of esters is 2. The molecular weight excluding hydrogens is 751 g/mol. The van der Waals surface area contributed by atoms with Gasteiger partial charge in [-0.05, 0) is 109 Å². The highest BCUT2D eigenvalue weighted by Gasteiger charge is 2.59. The van der Waals surface area contributed by atoms with E-state index in [1.165, 1.54) is 24.3 Å². The van der Waals surface area contributed by atoms with Gasteiger partial charge in [0.05, 0.1) is 24.5 Å². The standard InChI is InChI=1S/C48H53NO10/c1-3-34-9-10-37-39-15-27-6-4-5-26(13-27)14-35(50)20-33-16-28(30-17-31(19-36(51)18-30)43(54)25-49-2)7-8-29-23-46(55)58-44-24-42(53)32(21-38(29)44)22-45(59-47(33)56)48(34,57)40(37)11-12-41(39)52/h4-6,13,17-21,24,28-29,34-35,37,39-40,43,45,49-51,53-54,57H,3,9-12,14-16,22-23,25H2,1-2H3. The van der Waals surface area contributed by atoms with E-state index in [9.17, 15) is 39.9 Å². The Morgan fingerprint density at radius 3 is 2.47 bits per heavy atom. The van der Waals surface area contributed by atoms with Gasteiger partial charge in [0.15, 0.2) is 0 Å². The van der Waals surface area contributed by atoms with E-state index in [1.807, 2.05) is 31.2 Å². The van der Waals surface area contributed by atoms with E-state index in [2.05, 4.69) is 17.2 Å². The molecule has 2 aliphatic carbocycles. The van der Waals surface area contributed by atoms with Gasteiger partial charge < -0.3 is 40.3 Å². The van der Waals surface area contributed by atoms with Crippen LogP contribution in [0.15, 0.2) is 66.2 Å². The third-order valence-electron chi connectivity index (χ3n) is 13.6. The van der Waals surface area contributed by atoms with Gasteiger partial charge in [0, 0.05) is 54.8 Å². The molecule has 8 rings (SSSR count). The number of carbonyl (C=O) groups is 3. The van der Waals surface area contributed by atoms with Gasteiger partial charge in [-0.2, -0.15) is 0 Å². The Hall–Kier alpha value is -4.99. The minimum absolute atomic E-state index is 0.0763. The number of carbonyl (C=O) groups excluding carboxylic acids is 3. The molecule has 3 heterocycles. The van der Waals surface area contributed by atoms with Crippen molar-refractivity contribution in [2.24, 2.45) is 23.7 Å². The van der Waals surface area contributed by atoms with Gasteiger partial charge in [0.2, 0.25) is 0 Å². The van der Waals surface area contributed by atoms with Crippen LogP contribution in [0, 0.1) is 35.5 Å². The van der Waals surface area contributed by atoms with Crippen LogP contribution in [0.4, 0.5) is 0 Å². The second kappa shape index (κ2) is 16.6. The molecule has 0 aromatic heterocycles. The van der Waals surface area contributed by atoms with Crippen molar-refractivity contribution in [3.63, 3.8) is 0 Å². The number of phenols is 2. The van der Waals surface area contributed by atoms with Gasteiger partial charge in [-0.25, -0.2) is 4.79 Å². The largest absolute Gasteiger partial charge is 0.508 e. The van der Waals surface area contributed by atoms with E-state index in [4.69, 9.17) is 9.47 Å². The maximum atomic E-state index is 15.0. The third-order valence-corrected chi connectivity index (χ3v) is 13.6. The summed E-state index contributed by atoms with van der Waals surface area (Å²) in [5, 5.41) is 61.6. The number of hydrogen-bond donors (Lipinski definition) is 6. The number of rotatable bonds is 5. The summed E-state index contributed by atoms with van der Waals surface area (Å²) in [5.41, 5.74) is 2.13. The van der Waals surface area contributed by atoms with Crippen molar-refractivity contribution in [3.8, 4) is 29.1 Å². The lowest BCUT2D eigenvalue weighted by atomic mass is 9.53. The molecule has 59 heavy (non-hydrogen) atoms. The highest BCUT2D eigenvalue weighted by atomic mass is 16.6. The van der Waals surface area contributed by atoms with Gasteiger partial charge >= 0.3 is 11.9 Å². The molecule has 0 saturated heterocycles. The van der Waals surface area contributed by atoms with Crippen molar-refractivity contribution in [2.45, 2.75) is 107 Å². The lowest BCUT2D eigenvalue weighted by molar-refractivity contribution is -0.212. The Morgan fingerprint density at radius 2 is 1.69 bits per heavy atom. The lowest BCUT2D eigenvalue weighted by Crippen LogP contribution is -2.63. The summed E-state index contributed by atoms with van der Waals surface area (Å²) >= 11 is 0. The average molecular weight is 804 g/mol. The number of likely N-dealkylation sites (N-methyl/N-ethyl adjacent to an activating group) is 1. The predicted molar refractivity (Wildman–Crippen MR) is 217 cm³/mol. The van der Waals surface area contributed by atoms with Crippen LogP contribution < -0.4 is 10.1 Å². The number of aromatic hydroxyl groups is 2. The molecule has 6 N–H and O–H groups in total. The highest BCUT2D eigenvalue weighted by Crippen LogP contribution is 2.54. The van der Waals surface area contributed by atoms with Crippen LogP contribution in [0.25, 0.3) is 0 Å². The Labute approximate surface area is 344 Å². The number of nitrogens with one attached hydrogen (secondary N) is 1. The molecule has 10 unspecified atom stereocenters. The summed E-state index contributed by atoms with van der Waals surface area (Å²) in [5.74, 6) is 2.54. The van der Waals surface area contributed by atoms with Crippen molar-refractivity contribution in [1.29, 1.82) is 0 Å². The number of Topliss-reactive ketones (excluding diaryl/α,β-unsaturated/α-hetero) is 1. The number of ether oxygens (including phenoxy) is 2. The van der Waals surface area contributed by atoms with Gasteiger partial charge in [-0.3, -0.25) is 9.59 Å². The minimum atomic E-state index is -1.61. The van der Waals surface area contributed by atoms with Crippen LogP contribution in [-0.4, -0.2) is 74.7 Å². The first-order valence-electron chi connectivity index (χ1n) is 21.0. The molecule has 2 saturated carbocycles. The van der Waals surface area contributed by atoms with E-state index in [0.717, 1.165) is 17.5 Å². The summed E-state index contributed by atoms with van der Waals surface area (Å²) in [6.07, 6.45) is 1.19. The first-order valence-corrected chi connectivity index (χ1v) is 21.0. The van der Waals surface area contributed by atoms with Gasteiger partial charge in [0.1, 0.15) is 34.7 Å². The number of fused-ring (bicyclic) bond motifs is 7. The Bertz CT molecular complexity index is 2240. The molecule has 5 aliphatic rings. The summed E-state index contributed by atoms with van der Waals surface area (Å²) in [6.45, 7) is 2.22. The summed E-state index contributed by atoms with van der Waals surface area (Å²) in [4.78, 5) is 41.8. The fraction of sp³-hybridized carbons (Fsp3) is 0.479. The number of benzene rings is 3. The van der Waals surface area contributed by atoms with E-state index < -0.39 is 53.6 Å². The van der Waals surface area contributed by atoms with Crippen molar-refractivity contribution < 1.29 is 49.4 Å². The molecular formula is C48H53NO10. The molecule has 3 aliphatic heterocycles. The quantitative estimate of drug-likeness (QED) is 0.113. The summed E-state index contributed by atoms with van der Waals surface area (Å²) in [6, 6.07) is 15.6. The Morgan fingerprint density at radius 1 is 0.915 bits per heavy atom. The maximum absolute atomic E-state index is 15.0. The van der Waals surface area contributed by atoms with Gasteiger partial charge in [-0.1, -0.05) is 55.5 Å². The fourth-order valence-corrected chi connectivity index (χ4v) is 10.8. The summed E-state index contributed by atoms with van der Waals surface area (Å²) in [7, 11) is 1.70. The monoisotopic (exact) mass is 803 g/mol. The van der Waals surface area contributed by atoms with E-state index in [1.54, 1.807) is 19.2 Å². The topological polar surface area (TPSA) is 183 Å². The fourth-order valence-electron chi connectivity index (χ4n) is 10.8. The van der Waals surface area contributed by atoms with Crippen molar-refractivity contribution in [3.05, 3.63) is 99.6 Å². The maximum Gasteiger partial charge on any atom is 0.334 e. The van der Waals surface area contributed by atoms with E-state index >= 15 is 0 Å². The average Bonchev–Trinajstić information content (AvgIpc) is 3.20. The zero-order chi connectivity index (χ0) is 41.6. The molecule has 0 amide bonds. The van der Waals surface area contributed by atoms with Crippen LogP contribution in [0.1, 0.15) is 103 Å². The van der Waals surface area contributed by atoms with Crippen LogP contribution in [0.5, 0.6) is 17.2 Å². The highest BCUT2D eigenvalue weighted by molar-refractivity contribution is 5.89. The van der Waals surface area contributed by atoms with Crippen molar-refractivity contribution in [2.75, 3.05) is 13.6 Å². The molecule has 310 valence electrons. The van der Waals surface area contributed by atoms with Crippen LogP contribution >= 0.6 is 0 Å². The number of aliphatic hydroxyl groups is 3. The molecule has 3 aromatic rings. The molecule has 0 spiro atoms. The smallest absolute Gasteiger partial charge is 0.334 e. The molecule has 3 aromatic carbocycles. The first kappa shape index (κ1) is 40.8. The van der Waals surface area contributed by atoms with Crippen molar-refractivity contribution in [1.82, 2.24) is 5.32 Å². The number of hydrogen-bond acceptors (Lipinski definition) is 11. The third kappa shape index (κ3) is 8.04. The van der Waals surface area contributed by atoms with Crippen LogP contribution in [0.3, 0.4) is 0 Å². The van der Waals surface area contributed by atoms with Crippen molar-refractivity contribution >= 4 is 17.7 Å². The molecule has 10 atom stereocenters. The lowest BCUT2D eigenvalue weighted by Gasteiger charge is -2.56. The second-order valence-electron chi connectivity index (χ2n) is 17.3. The molecule has 2 fully saturated rings. The van der Waals surface area contributed by atoms with Crippen LogP contribution in [0.2, 0.25) is 0 Å². The number of aliphatic hydroxyl groups excluding tert-OH is 2. The Balaban J connectivity index is 1.35. The van der Waals surface area contributed by atoms with Gasteiger partial charge in [-0.15, -0.1) is 0 Å². The normalized spacial score (nSPS) is 31.0. The molecule has 10 bridgehead atoms. The van der Waals surface area contributed by atoms with Gasteiger partial charge in [0.25, 0.3) is 0 Å². The summed E-state index contributed by atoms with van der Waals surface area (Å²) < 4.78 is 12.2. The Kier molecular flexibility index (Phi) is 11.5. The minimum Gasteiger partial charge on any atom is -0.508 e. The van der Waals surface area contributed by atoms with E-state index in [0.29, 0.717) is 47.9 Å². The molecule has 11 nitrogen and oxygen atoms in total. The SMILES string of the molecule is CCC1CCC2C3Cc4cccc(c4)CC(O)C=C4CC(c5cc(O)cc(C(O)CNC)c5)C#CC5CC(=O)Oc6cc(O)c(cc65)CC(OC4=O)C1(O)C2CCC3=O. The first-order chi connectivity index (χ1) is 28.3. The zero-order valence-electron chi connectivity index (χ0n) is 33.5. The number of phenolic OH excluding ortho intramolecular Hbond substituents is 2. The van der Waals surface area contributed by atoms with Crippen LogP contribution in [-0.2, 0) is 38.4 Å². The number of ketones is 1. The second-order valence-corrected chi connectivity index (χ2v) is 17.3. The molecule has 0 radical (unpaired) electrons. The molecule has 11 heteroatoms. The predicted octanol–water partition coefficient (Wildman–Crippen LogP) is 5.24.